The predicted molar refractivity (Wildman–Crippen MR) is 82.6 cm³/mol. The molecular weight excluding hydrogens is 294 g/mol. The molecular formula is C15H16ClNO2S. The second-order valence-electron chi connectivity index (χ2n) is 4.80. The molecule has 0 atom stereocenters. The third kappa shape index (κ3) is 3.82. The Balaban J connectivity index is 2.04. The van der Waals surface area contributed by atoms with Gasteiger partial charge in [-0.3, -0.25) is 4.90 Å². The quantitative estimate of drug-likeness (QED) is 0.906. The van der Waals surface area contributed by atoms with E-state index in [2.05, 4.69) is 4.90 Å². The van der Waals surface area contributed by atoms with Gasteiger partial charge < -0.3 is 5.11 Å². The number of halogens is 1. The average molecular weight is 310 g/mol. The molecule has 0 aliphatic heterocycles. The molecule has 1 heterocycles. The number of aryl methyl sites for hydroxylation is 1. The lowest BCUT2D eigenvalue weighted by Gasteiger charge is -2.16. The van der Waals surface area contributed by atoms with Crippen molar-refractivity contribution < 1.29 is 9.90 Å². The van der Waals surface area contributed by atoms with E-state index in [-0.39, 0.29) is 0 Å². The van der Waals surface area contributed by atoms with E-state index in [9.17, 15) is 4.79 Å². The van der Waals surface area contributed by atoms with Crippen molar-refractivity contribution in [3.05, 3.63) is 56.2 Å². The Hall–Kier alpha value is -1.36. The van der Waals surface area contributed by atoms with Gasteiger partial charge in [-0.1, -0.05) is 23.7 Å². The number of benzene rings is 1. The first-order valence-corrected chi connectivity index (χ1v) is 7.40. The fourth-order valence-corrected chi connectivity index (χ4v) is 3.16. The molecule has 0 radical (unpaired) electrons. The van der Waals surface area contributed by atoms with Gasteiger partial charge in [0.25, 0.3) is 0 Å². The van der Waals surface area contributed by atoms with Crippen LogP contribution in [0.4, 0.5) is 0 Å². The number of hydrogen-bond donors (Lipinski definition) is 1. The van der Waals surface area contributed by atoms with Crippen molar-refractivity contribution in [1.29, 1.82) is 0 Å². The first kappa shape index (κ1) is 15.0. The normalized spacial score (nSPS) is 11.0. The van der Waals surface area contributed by atoms with E-state index in [1.807, 2.05) is 38.2 Å². The van der Waals surface area contributed by atoms with Crippen LogP contribution in [-0.4, -0.2) is 23.0 Å². The molecule has 0 unspecified atom stereocenters. The Labute approximate surface area is 127 Å². The summed E-state index contributed by atoms with van der Waals surface area (Å²) in [6.45, 7) is 3.46. The van der Waals surface area contributed by atoms with Crippen LogP contribution in [0.25, 0.3) is 0 Å². The maximum Gasteiger partial charge on any atom is 0.345 e. The lowest BCUT2D eigenvalue weighted by molar-refractivity contribution is 0.0702. The number of carboxylic acids is 1. The fraction of sp³-hybridized carbons (Fsp3) is 0.267. The molecule has 20 heavy (non-hydrogen) atoms. The van der Waals surface area contributed by atoms with E-state index in [0.29, 0.717) is 4.88 Å². The van der Waals surface area contributed by atoms with E-state index in [1.54, 1.807) is 6.07 Å². The van der Waals surface area contributed by atoms with E-state index in [4.69, 9.17) is 16.7 Å². The van der Waals surface area contributed by atoms with Crippen molar-refractivity contribution in [2.24, 2.45) is 0 Å². The van der Waals surface area contributed by atoms with Gasteiger partial charge in [-0.15, -0.1) is 11.3 Å². The van der Waals surface area contributed by atoms with Gasteiger partial charge >= 0.3 is 5.97 Å². The highest BCUT2D eigenvalue weighted by atomic mass is 35.5. The monoisotopic (exact) mass is 309 g/mol. The van der Waals surface area contributed by atoms with Gasteiger partial charge in [0.15, 0.2) is 0 Å². The minimum atomic E-state index is -0.859. The van der Waals surface area contributed by atoms with Crippen molar-refractivity contribution >= 4 is 28.9 Å². The zero-order chi connectivity index (χ0) is 14.7. The predicted octanol–water partition coefficient (Wildman–Crippen LogP) is 4.04. The van der Waals surface area contributed by atoms with Gasteiger partial charge in [0, 0.05) is 23.0 Å². The van der Waals surface area contributed by atoms with Crippen molar-refractivity contribution in [2.45, 2.75) is 20.0 Å². The summed E-state index contributed by atoms with van der Waals surface area (Å²) in [4.78, 5) is 14.6. The molecule has 0 amide bonds. The highest BCUT2D eigenvalue weighted by Crippen LogP contribution is 2.23. The smallest absolute Gasteiger partial charge is 0.345 e. The lowest BCUT2D eigenvalue weighted by atomic mass is 10.2. The van der Waals surface area contributed by atoms with Gasteiger partial charge in [-0.25, -0.2) is 4.79 Å². The third-order valence-electron chi connectivity index (χ3n) is 3.01. The Bertz CT molecular complexity index is 624. The second-order valence-corrected chi connectivity index (χ2v) is 6.49. The molecule has 2 rings (SSSR count). The van der Waals surface area contributed by atoms with Crippen LogP contribution in [0.3, 0.4) is 0 Å². The Morgan fingerprint density at radius 3 is 2.70 bits per heavy atom. The molecule has 0 aliphatic rings. The zero-order valence-corrected chi connectivity index (χ0v) is 13.0. The minimum absolute atomic E-state index is 0.397. The molecule has 1 aromatic heterocycles. The van der Waals surface area contributed by atoms with E-state index >= 15 is 0 Å². The molecule has 0 saturated carbocycles. The van der Waals surface area contributed by atoms with Crippen molar-refractivity contribution in [3.63, 3.8) is 0 Å². The number of thiophene rings is 1. The summed E-state index contributed by atoms with van der Waals surface area (Å²) < 4.78 is 0. The molecule has 0 spiro atoms. The van der Waals surface area contributed by atoms with Gasteiger partial charge in [-0.05, 0) is 43.3 Å². The molecule has 2 aromatic rings. The van der Waals surface area contributed by atoms with Crippen LogP contribution in [0.2, 0.25) is 5.02 Å². The van der Waals surface area contributed by atoms with Crippen LogP contribution in [0.1, 0.15) is 25.7 Å². The molecule has 0 saturated heterocycles. The Kier molecular flexibility index (Phi) is 4.81. The molecule has 106 valence electrons. The summed E-state index contributed by atoms with van der Waals surface area (Å²) in [5.41, 5.74) is 2.21. The van der Waals surface area contributed by atoms with Crippen molar-refractivity contribution in [2.75, 3.05) is 7.05 Å². The molecule has 0 bridgehead atoms. The summed E-state index contributed by atoms with van der Waals surface area (Å²) in [5.74, 6) is -0.859. The summed E-state index contributed by atoms with van der Waals surface area (Å²) in [6.07, 6.45) is 0. The average Bonchev–Trinajstić information content (AvgIpc) is 2.71. The molecule has 5 heteroatoms. The largest absolute Gasteiger partial charge is 0.477 e. The van der Waals surface area contributed by atoms with Crippen LogP contribution in [-0.2, 0) is 13.1 Å². The number of hydrogen-bond acceptors (Lipinski definition) is 3. The molecule has 1 aromatic carbocycles. The Morgan fingerprint density at radius 2 is 2.10 bits per heavy atom. The second kappa shape index (κ2) is 6.39. The molecule has 0 aliphatic carbocycles. The van der Waals surface area contributed by atoms with Crippen molar-refractivity contribution in [3.8, 4) is 0 Å². The van der Waals surface area contributed by atoms with Crippen LogP contribution in [0, 0.1) is 6.92 Å². The lowest BCUT2D eigenvalue weighted by Crippen LogP contribution is -2.17. The standard InChI is InChI=1S/C15H16ClNO2S/c1-10-12(7-14(20-10)15(18)19)9-17(2)8-11-4-3-5-13(16)6-11/h3-7H,8-9H2,1-2H3,(H,18,19). The van der Waals surface area contributed by atoms with Gasteiger partial charge in [0.05, 0.1) is 0 Å². The molecule has 0 fully saturated rings. The van der Waals surface area contributed by atoms with E-state index in [0.717, 1.165) is 34.1 Å². The maximum absolute atomic E-state index is 11.0. The fourth-order valence-electron chi connectivity index (χ4n) is 2.08. The van der Waals surface area contributed by atoms with Gasteiger partial charge in [-0.2, -0.15) is 0 Å². The maximum atomic E-state index is 11.0. The molecule has 3 nitrogen and oxygen atoms in total. The van der Waals surface area contributed by atoms with Crippen LogP contribution in [0.5, 0.6) is 0 Å². The molecule has 1 N–H and O–H groups in total. The topological polar surface area (TPSA) is 40.5 Å². The number of aromatic carboxylic acids is 1. The summed E-state index contributed by atoms with van der Waals surface area (Å²) >= 11 is 7.30. The Morgan fingerprint density at radius 1 is 1.35 bits per heavy atom. The number of carboxylic acid groups (broad SMARTS) is 1. The van der Waals surface area contributed by atoms with Crippen LogP contribution in [0.15, 0.2) is 30.3 Å². The summed E-state index contributed by atoms with van der Waals surface area (Å²) in [5, 5.41) is 9.74. The first-order valence-electron chi connectivity index (χ1n) is 6.21. The van der Waals surface area contributed by atoms with Crippen molar-refractivity contribution in [1.82, 2.24) is 4.90 Å². The summed E-state index contributed by atoms with van der Waals surface area (Å²) in [7, 11) is 2.01. The van der Waals surface area contributed by atoms with Crippen LogP contribution < -0.4 is 0 Å². The van der Waals surface area contributed by atoms with Gasteiger partial charge in [0.2, 0.25) is 0 Å². The SMILES string of the molecule is Cc1sc(C(=O)O)cc1CN(C)Cc1cccc(Cl)c1. The first-order chi connectivity index (χ1) is 9.45. The minimum Gasteiger partial charge on any atom is -0.477 e. The third-order valence-corrected chi connectivity index (χ3v) is 4.33. The van der Waals surface area contributed by atoms with Gasteiger partial charge in [0.1, 0.15) is 4.88 Å². The number of carbonyl (C=O) groups is 1. The zero-order valence-electron chi connectivity index (χ0n) is 11.4. The number of nitrogens with zero attached hydrogens (tertiary/aromatic N) is 1. The number of rotatable bonds is 5. The highest BCUT2D eigenvalue weighted by Gasteiger charge is 2.12. The summed E-state index contributed by atoms with van der Waals surface area (Å²) in [6, 6.07) is 9.53. The highest BCUT2D eigenvalue weighted by molar-refractivity contribution is 7.14. The van der Waals surface area contributed by atoms with Crippen LogP contribution >= 0.6 is 22.9 Å². The van der Waals surface area contributed by atoms with E-state index < -0.39 is 5.97 Å². The van der Waals surface area contributed by atoms with E-state index in [1.165, 1.54) is 11.3 Å².